The first-order chi connectivity index (χ1) is 24.9. The average molecular weight is 735 g/mol. The number of hydrogen-bond acceptors (Lipinski definition) is 11. The van der Waals surface area contributed by atoms with Crippen LogP contribution in [-0.2, 0) is 24.8 Å². The molecule has 256 valence electrons. The third-order valence-corrected chi connectivity index (χ3v) is 11.2. The summed E-state index contributed by atoms with van der Waals surface area (Å²) in [5, 5.41) is 22.1. The molecule has 2 aliphatic rings. The van der Waals surface area contributed by atoms with Crippen LogP contribution < -0.4 is 10.6 Å². The summed E-state index contributed by atoms with van der Waals surface area (Å²) in [4.78, 5) is 55.4. The number of hydrogen-bond donors (Lipinski definition) is 3. The zero-order chi connectivity index (χ0) is 35.4. The average Bonchev–Trinajstić information content (AvgIpc) is 3.87. The quantitative estimate of drug-likeness (QED) is 0.0626. The zero-order valence-electron chi connectivity index (χ0n) is 27.0. The molecule has 1 unspecified atom stereocenters. The fraction of sp³-hybridized carbons (Fsp3) is 0.135. The van der Waals surface area contributed by atoms with Crippen LogP contribution in [0.5, 0.6) is 0 Å². The maximum absolute atomic E-state index is 13.7. The number of anilines is 1. The van der Waals surface area contributed by atoms with E-state index in [0.29, 0.717) is 16.5 Å². The number of benzene rings is 3. The fourth-order valence-corrected chi connectivity index (χ4v) is 8.73. The molecule has 0 radical (unpaired) electrons. The molecule has 1 saturated heterocycles. The zero-order valence-corrected chi connectivity index (χ0v) is 29.5. The van der Waals surface area contributed by atoms with E-state index in [4.69, 9.17) is 9.82 Å². The number of fused-ring (bicyclic) bond motifs is 1. The van der Waals surface area contributed by atoms with Gasteiger partial charge in [0.25, 0.3) is 11.8 Å². The van der Waals surface area contributed by atoms with Gasteiger partial charge in [0.05, 0.1) is 5.51 Å². The number of allylic oxidation sites excluding steroid dienone is 1. The minimum Gasteiger partial charge on any atom is -0.477 e. The predicted octanol–water partition coefficient (Wildman–Crippen LogP) is 5.81. The van der Waals surface area contributed by atoms with E-state index in [-0.39, 0.29) is 17.1 Å². The van der Waals surface area contributed by atoms with Crippen LogP contribution in [0, 0.1) is 0 Å². The highest BCUT2D eigenvalue weighted by Gasteiger charge is 2.54. The molecule has 51 heavy (non-hydrogen) atoms. The van der Waals surface area contributed by atoms with Gasteiger partial charge in [0.2, 0.25) is 0 Å². The molecule has 5 aromatic rings. The Kier molecular flexibility index (Phi) is 9.79. The molecular weight excluding hydrogens is 705 g/mol. The number of carbonyl (C=O) groups excluding carboxylic acids is 2. The molecule has 11 nitrogen and oxygen atoms in total. The number of carbonyl (C=O) groups is 3. The van der Waals surface area contributed by atoms with Crippen LogP contribution in [0.2, 0.25) is 0 Å². The Balaban J connectivity index is 1.15. The molecule has 3 N–H and O–H groups in total. The van der Waals surface area contributed by atoms with Gasteiger partial charge in [0, 0.05) is 22.2 Å². The van der Waals surface area contributed by atoms with Gasteiger partial charge in [-0.05, 0) is 28.3 Å². The normalized spacial score (nSPS) is 17.5. The third-order valence-electron chi connectivity index (χ3n) is 8.45. The van der Waals surface area contributed by atoms with Crippen molar-refractivity contribution in [1.29, 1.82) is 0 Å². The molecule has 4 heterocycles. The lowest BCUT2D eigenvalue weighted by Crippen LogP contribution is -2.71. The largest absolute Gasteiger partial charge is 0.477 e. The standard InChI is InChI=1S/C37H30N6O5S3/c1-48-42-29(32(44)40-30-33(45)43-31(35(46)47)23(20-49-34(30)43)17-18-27-19-38-22-51-27)28-21-50-36(39-28)41-37(24-11-5-2-6-12-24,25-13-7-3-8-14-25)26-15-9-4-10-16-26/h2-19,21-22,30,34H,20H2,1H3,(H,39,41)(H,40,44)(H,46,47)/t30?,34-/m1/s1. The van der Waals surface area contributed by atoms with Crippen LogP contribution >= 0.6 is 34.4 Å². The first kappa shape index (κ1) is 33.9. The number of thiazole rings is 2. The van der Waals surface area contributed by atoms with Crippen molar-refractivity contribution in [2.24, 2.45) is 5.16 Å². The van der Waals surface area contributed by atoms with E-state index in [1.54, 1.807) is 29.2 Å². The summed E-state index contributed by atoms with van der Waals surface area (Å²) in [5.41, 5.74) is 4.30. The Morgan fingerprint density at radius 2 is 1.59 bits per heavy atom. The second-order valence-electron chi connectivity index (χ2n) is 11.4. The molecule has 7 rings (SSSR count). The lowest BCUT2D eigenvalue weighted by atomic mass is 9.77. The van der Waals surface area contributed by atoms with E-state index >= 15 is 0 Å². The van der Waals surface area contributed by atoms with E-state index in [9.17, 15) is 19.5 Å². The Morgan fingerprint density at radius 1 is 0.961 bits per heavy atom. The maximum atomic E-state index is 13.7. The smallest absolute Gasteiger partial charge is 0.352 e. The van der Waals surface area contributed by atoms with Gasteiger partial charge >= 0.3 is 5.97 Å². The molecule has 0 bridgehead atoms. The Morgan fingerprint density at radius 3 is 2.14 bits per heavy atom. The maximum Gasteiger partial charge on any atom is 0.352 e. The number of thioether (sulfide) groups is 1. The summed E-state index contributed by atoms with van der Waals surface area (Å²) in [7, 11) is 1.32. The lowest BCUT2D eigenvalue weighted by molar-refractivity contribution is -0.150. The molecule has 0 saturated carbocycles. The van der Waals surface area contributed by atoms with Crippen molar-refractivity contribution in [2.75, 3.05) is 18.2 Å². The van der Waals surface area contributed by atoms with Crippen molar-refractivity contribution in [1.82, 2.24) is 20.2 Å². The van der Waals surface area contributed by atoms with Crippen molar-refractivity contribution >= 4 is 69.1 Å². The van der Waals surface area contributed by atoms with E-state index in [2.05, 4.69) is 57.2 Å². The summed E-state index contributed by atoms with van der Waals surface area (Å²) in [6, 6.07) is 29.2. The van der Waals surface area contributed by atoms with Crippen LogP contribution in [0.3, 0.4) is 0 Å². The highest BCUT2D eigenvalue weighted by atomic mass is 32.2. The van der Waals surface area contributed by atoms with E-state index in [0.717, 1.165) is 21.6 Å². The summed E-state index contributed by atoms with van der Waals surface area (Å²) in [6.45, 7) is 0. The van der Waals surface area contributed by atoms with Crippen molar-refractivity contribution in [3.05, 3.63) is 153 Å². The van der Waals surface area contributed by atoms with E-state index < -0.39 is 34.7 Å². The van der Waals surface area contributed by atoms with Crippen molar-refractivity contribution < 1.29 is 24.3 Å². The van der Waals surface area contributed by atoms with E-state index in [1.165, 1.54) is 46.4 Å². The molecule has 2 aliphatic heterocycles. The molecule has 2 amide bonds. The van der Waals surface area contributed by atoms with Crippen LogP contribution in [0.15, 0.2) is 131 Å². The molecule has 2 aromatic heterocycles. The number of nitrogens with zero attached hydrogens (tertiary/aromatic N) is 4. The number of β-lactam (4-membered cyclic amide) rings is 1. The number of rotatable bonds is 12. The second kappa shape index (κ2) is 14.7. The number of amides is 2. The fourth-order valence-electron chi connectivity index (χ4n) is 6.15. The van der Waals surface area contributed by atoms with Crippen LogP contribution in [0.25, 0.3) is 6.08 Å². The number of aliphatic carboxylic acids is 1. The van der Waals surface area contributed by atoms with Gasteiger partial charge in [0.1, 0.15) is 35.5 Å². The SMILES string of the molecule is CON=C(C(=O)NC1C(=O)N2C(C(=O)O)=C(C=Cc3cncs3)CS[C@H]12)c1csc(NC(c2ccccc2)(c2ccccc2)c2ccccc2)n1. The van der Waals surface area contributed by atoms with Gasteiger partial charge in [-0.2, -0.15) is 0 Å². The lowest BCUT2D eigenvalue weighted by Gasteiger charge is -2.49. The molecule has 3 aromatic carbocycles. The molecule has 0 aliphatic carbocycles. The monoisotopic (exact) mass is 734 g/mol. The van der Waals surface area contributed by atoms with Crippen molar-refractivity contribution in [3.8, 4) is 0 Å². The van der Waals surface area contributed by atoms with Crippen LogP contribution in [0.4, 0.5) is 5.13 Å². The first-order valence-electron chi connectivity index (χ1n) is 15.7. The molecule has 14 heteroatoms. The van der Waals surface area contributed by atoms with Gasteiger partial charge < -0.3 is 20.6 Å². The molecule has 1 fully saturated rings. The van der Waals surface area contributed by atoms with Gasteiger partial charge in [-0.25, -0.2) is 9.78 Å². The number of carboxylic acid groups (broad SMARTS) is 1. The van der Waals surface area contributed by atoms with Gasteiger partial charge in [-0.15, -0.1) is 34.4 Å². The Bertz CT molecular complexity index is 2040. The molecule has 0 spiro atoms. The minimum atomic E-state index is -1.22. The highest BCUT2D eigenvalue weighted by molar-refractivity contribution is 8.00. The Hall–Kier alpha value is -5.57. The second-order valence-corrected chi connectivity index (χ2v) is 14.3. The van der Waals surface area contributed by atoms with E-state index in [1.807, 2.05) is 54.6 Å². The third kappa shape index (κ3) is 6.56. The summed E-state index contributed by atoms with van der Waals surface area (Å²) >= 11 is 4.08. The summed E-state index contributed by atoms with van der Waals surface area (Å²) in [5.74, 6) is -2.09. The van der Waals surface area contributed by atoms with Crippen LogP contribution in [-0.4, -0.2) is 67.7 Å². The Labute approximate surface area is 305 Å². The summed E-state index contributed by atoms with van der Waals surface area (Å²) in [6.07, 6.45) is 5.14. The topological polar surface area (TPSA) is 146 Å². The minimum absolute atomic E-state index is 0.102. The van der Waals surface area contributed by atoms with Gasteiger partial charge in [-0.1, -0.05) is 102 Å². The van der Waals surface area contributed by atoms with Gasteiger partial charge in [0.15, 0.2) is 10.8 Å². The highest BCUT2D eigenvalue weighted by Crippen LogP contribution is 2.42. The molecule has 2 atom stereocenters. The predicted molar refractivity (Wildman–Crippen MR) is 199 cm³/mol. The van der Waals surface area contributed by atoms with Crippen molar-refractivity contribution in [3.63, 3.8) is 0 Å². The number of aromatic nitrogens is 2. The van der Waals surface area contributed by atoms with Gasteiger partial charge in [-0.3, -0.25) is 19.5 Å². The molecular formula is C37H30N6O5S3. The first-order valence-corrected chi connectivity index (χ1v) is 18.5. The number of nitrogens with one attached hydrogen (secondary N) is 2. The van der Waals surface area contributed by atoms with Crippen molar-refractivity contribution in [2.45, 2.75) is 17.0 Å². The summed E-state index contributed by atoms with van der Waals surface area (Å²) < 4.78 is 0. The van der Waals surface area contributed by atoms with Crippen LogP contribution in [0.1, 0.15) is 27.3 Å². The number of oxime groups is 1. The number of carboxylic acids is 1.